The van der Waals surface area contributed by atoms with Crippen LogP contribution >= 0.6 is 11.6 Å². The summed E-state index contributed by atoms with van der Waals surface area (Å²) in [6, 6.07) is 7.19. The Kier molecular flexibility index (Phi) is 5.01. The molecular weight excluding hydrogens is 278 g/mol. The number of rotatable bonds is 6. The topological polar surface area (TPSA) is 56.3 Å². The third kappa shape index (κ3) is 3.74. The molecule has 0 spiro atoms. The van der Waals surface area contributed by atoms with Crippen LogP contribution < -0.4 is 14.8 Å². The summed E-state index contributed by atoms with van der Waals surface area (Å²) < 4.78 is 10.7. The molecule has 0 amide bonds. The third-order valence-electron chi connectivity index (χ3n) is 2.52. The molecule has 1 aromatic heterocycles. The molecule has 0 aliphatic rings. The molecule has 0 saturated carbocycles. The van der Waals surface area contributed by atoms with E-state index in [0.717, 1.165) is 18.7 Å². The fourth-order valence-corrected chi connectivity index (χ4v) is 1.63. The zero-order chi connectivity index (χ0) is 14.4. The van der Waals surface area contributed by atoms with Crippen molar-refractivity contribution >= 4 is 17.5 Å². The van der Waals surface area contributed by atoms with Crippen molar-refractivity contribution in [1.29, 1.82) is 0 Å². The van der Waals surface area contributed by atoms with Crippen LogP contribution in [-0.2, 0) is 0 Å². The van der Waals surface area contributed by atoms with E-state index in [1.807, 2.05) is 0 Å². The second-order valence-corrected chi connectivity index (χ2v) is 4.46. The molecule has 1 N–H and O–H groups in total. The van der Waals surface area contributed by atoms with Crippen LogP contribution in [0.5, 0.6) is 17.4 Å². The molecule has 106 valence electrons. The second-order valence-electron chi connectivity index (χ2n) is 4.05. The van der Waals surface area contributed by atoms with Gasteiger partial charge in [-0.25, -0.2) is 4.98 Å². The molecular formula is C14H16ClN3O2. The van der Waals surface area contributed by atoms with Gasteiger partial charge in [0.15, 0.2) is 0 Å². The first kappa shape index (κ1) is 14.4. The SMILES string of the molecule is CCCNc1ncc(Cl)c(Oc2ccc(OC)cc2)n1. The number of anilines is 1. The molecule has 6 heteroatoms. The van der Waals surface area contributed by atoms with Gasteiger partial charge in [-0.05, 0) is 30.7 Å². The molecule has 0 aliphatic carbocycles. The lowest BCUT2D eigenvalue weighted by atomic mass is 10.3. The highest BCUT2D eigenvalue weighted by Crippen LogP contribution is 2.28. The third-order valence-corrected chi connectivity index (χ3v) is 2.78. The monoisotopic (exact) mass is 293 g/mol. The predicted molar refractivity (Wildman–Crippen MR) is 78.9 cm³/mol. The van der Waals surface area contributed by atoms with Gasteiger partial charge in [-0.15, -0.1) is 0 Å². The number of hydrogen-bond donors (Lipinski definition) is 1. The van der Waals surface area contributed by atoms with Gasteiger partial charge in [-0.3, -0.25) is 0 Å². The summed E-state index contributed by atoms with van der Waals surface area (Å²) >= 11 is 6.04. The van der Waals surface area contributed by atoms with Gasteiger partial charge in [-0.2, -0.15) is 4.98 Å². The van der Waals surface area contributed by atoms with Crippen LogP contribution in [0, 0.1) is 0 Å². The summed E-state index contributed by atoms with van der Waals surface area (Å²) in [6.45, 7) is 2.86. The minimum Gasteiger partial charge on any atom is -0.497 e. The van der Waals surface area contributed by atoms with Crippen molar-refractivity contribution in [3.63, 3.8) is 0 Å². The van der Waals surface area contributed by atoms with Gasteiger partial charge in [0.1, 0.15) is 16.5 Å². The Morgan fingerprint density at radius 3 is 2.55 bits per heavy atom. The highest BCUT2D eigenvalue weighted by molar-refractivity contribution is 6.31. The average molecular weight is 294 g/mol. The predicted octanol–water partition coefficient (Wildman–Crippen LogP) is 3.75. The van der Waals surface area contributed by atoms with Crippen molar-refractivity contribution in [1.82, 2.24) is 9.97 Å². The van der Waals surface area contributed by atoms with Crippen LogP contribution in [0.3, 0.4) is 0 Å². The molecule has 0 bridgehead atoms. The first-order valence-corrected chi connectivity index (χ1v) is 6.69. The molecule has 2 rings (SSSR count). The fraction of sp³-hybridized carbons (Fsp3) is 0.286. The number of aromatic nitrogens is 2. The van der Waals surface area contributed by atoms with E-state index in [1.165, 1.54) is 6.20 Å². The number of methoxy groups -OCH3 is 1. The van der Waals surface area contributed by atoms with E-state index >= 15 is 0 Å². The normalized spacial score (nSPS) is 10.2. The fourth-order valence-electron chi connectivity index (χ4n) is 1.50. The summed E-state index contributed by atoms with van der Waals surface area (Å²) in [5.74, 6) is 2.22. The maximum absolute atomic E-state index is 6.04. The van der Waals surface area contributed by atoms with Crippen molar-refractivity contribution in [3.8, 4) is 17.4 Å². The largest absolute Gasteiger partial charge is 0.497 e. The van der Waals surface area contributed by atoms with Gasteiger partial charge >= 0.3 is 0 Å². The molecule has 2 aromatic rings. The Hall–Kier alpha value is -2.01. The van der Waals surface area contributed by atoms with Crippen LogP contribution in [0.2, 0.25) is 5.02 Å². The Morgan fingerprint density at radius 2 is 1.90 bits per heavy atom. The van der Waals surface area contributed by atoms with Crippen molar-refractivity contribution in [2.45, 2.75) is 13.3 Å². The lowest BCUT2D eigenvalue weighted by Gasteiger charge is -2.09. The van der Waals surface area contributed by atoms with E-state index in [0.29, 0.717) is 22.6 Å². The summed E-state index contributed by atoms with van der Waals surface area (Å²) in [4.78, 5) is 8.33. The van der Waals surface area contributed by atoms with Crippen molar-refractivity contribution in [2.24, 2.45) is 0 Å². The smallest absolute Gasteiger partial charge is 0.243 e. The number of ether oxygens (including phenoxy) is 2. The van der Waals surface area contributed by atoms with Crippen LogP contribution in [0.15, 0.2) is 30.5 Å². The Morgan fingerprint density at radius 1 is 1.20 bits per heavy atom. The highest BCUT2D eigenvalue weighted by Gasteiger charge is 2.08. The van der Waals surface area contributed by atoms with E-state index in [2.05, 4.69) is 22.2 Å². The molecule has 1 aromatic carbocycles. The Balaban J connectivity index is 2.14. The number of halogens is 1. The molecule has 0 atom stereocenters. The highest BCUT2D eigenvalue weighted by atomic mass is 35.5. The number of nitrogens with one attached hydrogen (secondary N) is 1. The zero-order valence-corrected chi connectivity index (χ0v) is 12.1. The quantitative estimate of drug-likeness (QED) is 0.879. The Labute approximate surface area is 122 Å². The lowest BCUT2D eigenvalue weighted by Crippen LogP contribution is -2.04. The van der Waals surface area contributed by atoms with Crippen LogP contribution in [0.25, 0.3) is 0 Å². The minimum absolute atomic E-state index is 0.324. The number of nitrogens with zero attached hydrogens (tertiary/aromatic N) is 2. The van der Waals surface area contributed by atoms with Crippen molar-refractivity contribution in [2.75, 3.05) is 19.0 Å². The van der Waals surface area contributed by atoms with Gasteiger partial charge in [0.05, 0.1) is 13.3 Å². The molecule has 0 saturated heterocycles. The van der Waals surface area contributed by atoms with E-state index in [1.54, 1.807) is 31.4 Å². The molecule has 20 heavy (non-hydrogen) atoms. The van der Waals surface area contributed by atoms with Crippen molar-refractivity contribution < 1.29 is 9.47 Å². The van der Waals surface area contributed by atoms with E-state index in [4.69, 9.17) is 21.1 Å². The average Bonchev–Trinajstić information content (AvgIpc) is 2.49. The van der Waals surface area contributed by atoms with E-state index in [9.17, 15) is 0 Å². The molecule has 1 heterocycles. The first-order chi connectivity index (χ1) is 9.72. The summed E-state index contributed by atoms with van der Waals surface area (Å²) in [7, 11) is 1.61. The second kappa shape index (κ2) is 6.96. The van der Waals surface area contributed by atoms with E-state index in [-0.39, 0.29) is 0 Å². The zero-order valence-electron chi connectivity index (χ0n) is 11.4. The van der Waals surface area contributed by atoms with Crippen LogP contribution in [0.4, 0.5) is 5.95 Å². The molecule has 5 nitrogen and oxygen atoms in total. The lowest BCUT2D eigenvalue weighted by molar-refractivity contribution is 0.412. The standard InChI is InChI=1S/C14H16ClN3O2/c1-3-8-16-14-17-9-12(15)13(18-14)20-11-6-4-10(19-2)5-7-11/h4-7,9H,3,8H2,1-2H3,(H,16,17,18). The van der Waals surface area contributed by atoms with Gasteiger partial charge in [0, 0.05) is 6.54 Å². The first-order valence-electron chi connectivity index (χ1n) is 6.31. The number of hydrogen-bond acceptors (Lipinski definition) is 5. The minimum atomic E-state index is 0.324. The summed E-state index contributed by atoms with van der Waals surface area (Å²) in [5, 5.41) is 3.45. The summed E-state index contributed by atoms with van der Waals surface area (Å²) in [6.07, 6.45) is 2.51. The Bertz CT molecular complexity index is 561. The number of benzene rings is 1. The van der Waals surface area contributed by atoms with Gasteiger partial charge in [-0.1, -0.05) is 18.5 Å². The van der Waals surface area contributed by atoms with Crippen LogP contribution in [-0.4, -0.2) is 23.6 Å². The molecule has 0 fully saturated rings. The van der Waals surface area contributed by atoms with Crippen molar-refractivity contribution in [3.05, 3.63) is 35.5 Å². The van der Waals surface area contributed by atoms with E-state index < -0.39 is 0 Å². The maximum atomic E-state index is 6.04. The molecule has 0 unspecified atom stereocenters. The van der Waals surface area contributed by atoms with Crippen LogP contribution in [0.1, 0.15) is 13.3 Å². The molecule has 0 radical (unpaired) electrons. The van der Waals surface area contributed by atoms with Gasteiger partial charge < -0.3 is 14.8 Å². The summed E-state index contributed by atoms with van der Waals surface area (Å²) in [5.41, 5.74) is 0. The molecule has 0 aliphatic heterocycles. The van der Waals surface area contributed by atoms with Gasteiger partial charge in [0.25, 0.3) is 0 Å². The maximum Gasteiger partial charge on any atom is 0.243 e. The van der Waals surface area contributed by atoms with Gasteiger partial charge in [0.2, 0.25) is 11.8 Å².